The molecule has 2 aromatic carbocycles. The predicted molar refractivity (Wildman–Crippen MR) is 86.0 cm³/mol. The minimum Gasteiger partial charge on any atom is -0.374 e. The molecule has 2 rings (SSSR count). The molecule has 8 heteroatoms. The van der Waals surface area contributed by atoms with Crippen molar-refractivity contribution in [3.05, 3.63) is 47.5 Å². The number of hydrogen-bond acceptors (Lipinski definition) is 4. The van der Waals surface area contributed by atoms with E-state index in [2.05, 4.69) is 5.32 Å². The summed E-state index contributed by atoms with van der Waals surface area (Å²) in [6.07, 6.45) is -5.77. The number of carbonyl (C=O) groups excluding carboxylic acids is 2. The third kappa shape index (κ3) is 5.01. The number of rotatable bonds is 6. The van der Waals surface area contributed by atoms with Crippen molar-refractivity contribution in [2.45, 2.75) is 19.3 Å². The van der Waals surface area contributed by atoms with E-state index < -0.39 is 31.4 Å². The number of halogens is 3. The SMILES string of the molecule is CC(=O)c1ccc(C(O)NCC(=O)NCC(F)(F)F)c2ccccc12. The van der Waals surface area contributed by atoms with Crippen molar-refractivity contribution < 1.29 is 27.9 Å². The highest BCUT2D eigenvalue weighted by Crippen LogP contribution is 2.26. The number of fused-ring (bicyclic) bond motifs is 1. The number of carbonyl (C=O) groups is 2. The number of amides is 1. The zero-order chi connectivity index (χ0) is 18.6. The first kappa shape index (κ1) is 18.9. The lowest BCUT2D eigenvalue weighted by Crippen LogP contribution is -2.40. The van der Waals surface area contributed by atoms with E-state index in [1.165, 1.54) is 6.92 Å². The van der Waals surface area contributed by atoms with Gasteiger partial charge in [0.2, 0.25) is 5.91 Å². The number of nitrogens with one attached hydrogen (secondary N) is 2. The van der Waals surface area contributed by atoms with Crippen molar-refractivity contribution in [2.75, 3.05) is 13.1 Å². The second-order valence-electron chi connectivity index (χ2n) is 5.48. The standard InChI is InChI=1S/C17H17F3N2O3/c1-10(23)11-6-7-14(13-5-3-2-4-12(11)13)16(25)21-8-15(24)22-9-17(18,19)20/h2-7,16,21,25H,8-9H2,1H3,(H,22,24). The number of alkyl halides is 3. The van der Waals surface area contributed by atoms with Crippen LogP contribution in [-0.4, -0.2) is 36.1 Å². The van der Waals surface area contributed by atoms with Crippen molar-refractivity contribution in [3.8, 4) is 0 Å². The van der Waals surface area contributed by atoms with Crippen molar-refractivity contribution >= 4 is 22.5 Å². The van der Waals surface area contributed by atoms with Crippen LogP contribution in [0.4, 0.5) is 13.2 Å². The van der Waals surface area contributed by atoms with Crippen LogP contribution in [0.1, 0.15) is 29.1 Å². The summed E-state index contributed by atoms with van der Waals surface area (Å²) in [4.78, 5) is 23.1. The maximum absolute atomic E-state index is 12.0. The number of aliphatic hydroxyl groups is 1. The summed E-state index contributed by atoms with van der Waals surface area (Å²) >= 11 is 0. The van der Waals surface area contributed by atoms with E-state index in [-0.39, 0.29) is 5.78 Å². The Hall–Kier alpha value is -2.45. The fourth-order valence-corrected chi connectivity index (χ4v) is 2.43. The van der Waals surface area contributed by atoms with Crippen LogP contribution in [0.2, 0.25) is 0 Å². The lowest BCUT2D eigenvalue weighted by Gasteiger charge is -2.17. The first-order valence-corrected chi connectivity index (χ1v) is 7.46. The molecule has 3 N–H and O–H groups in total. The Bertz CT molecular complexity index is 790. The van der Waals surface area contributed by atoms with Gasteiger partial charge in [0.05, 0.1) is 6.54 Å². The molecule has 1 atom stereocenters. The molecule has 0 fully saturated rings. The van der Waals surface area contributed by atoms with Crippen molar-refractivity contribution in [3.63, 3.8) is 0 Å². The smallest absolute Gasteiger partial charge is 0.374 e. The van der Waals surface area contributed by atoms with Gasteiger partial charge in [0, 0.05) is 11.1 Å². The van der Waals surface area contributed by atoms with Crippen molar-refractivity contribution in [1.82, 2.24) is 10.6 Å². The van der Waals surface area contributed by atoms with E-state index in [9.17, 15) is 27.9 Å². The molecule has 1 unspecified atom stereocenters. The maximum atomic E-state index is 12.0. The van der Waals surface area contributed by atoms with Gasteiger partial charge in [-0.3, -0.25) is 14.9 Å². The Morgan fingerprint density at radius 3 is 2.36 bits per heavy atom. The zero-order valence-electron chi connectivity index (χ0n) is 13.4. The number of aliphatic hydroxyl groups excluding tert-OH is 1. The van der Waals surface area contributed by atoms with Crippen LogP contribution < -0.4 is 10.6 Å². The fraction of sp³-hybridized carbons (Fsp3) is 0.294. The number of Topliss-reactive ketones (excluding diaryl/α,β-unsaturated/α-hetero) is 1. The minimum atomic E-state index is -4.49. The van der Waals surface area contributed by atoms with Gasteiger partial charge in [0.1, 0.15) is 12.8 Å². The van der Waals surface area contributed by atoms with Gasteiger partial charge in [-0.1, -0.05) is 36.4 Å². The van der Waals surface area contributed by atoms with Gasteiger partial charge < -0.3 is 10.4 Å². The minimum absolute atomic E-state index is 0.128. The van der Waals surface area contributed by atoms with E-state index in [1.807, 2.05) is 0 Å². The van der Waals surface area contributed by atoms with E-state index >= 15 is 0 Å². The highest BCUT2D eigenvalue weighted by molar-refractivity contribution is 6.07. The largest absolute Gasteiger partial charge is 0.405 e. The molecule has 0 spiro atoms. The summed E-state index contributed by atoms with van der Waals surface area (Å²) in [7, 11) is 0. The van der Waals surface area contributed by atoms with Gasteiger partial charge in [0.25, 0.3) is 0 Å². The average Bonchev–Trinajstić information content (AvgIpc) is 2.56. The summed E-state index contributed by atoms with van der Waals surface area (Å²) < 4.78 is 36.1. The molecule has 25 heavy (non-hydrogen) atoms. The summed E-state index contributed by atoms with van der Waals surface area (Å²) in [5, 5.41) is 15.7. The molecule has 2 aromatic rings. The van der Waals surface area contributed by atoms with Crippen LogP contribution in [-0.2, 0) is 4.79 Å². The van der Waals surface area contributed by atoms with Gasteiger partial charge in [-0.2, -0.15) is 13.2 Å². The van der Waals surface area contributed by atoms with Crippen molar-refractivity contribution in [2.24, 2.45) is 0 Å². The Labute approximate surface area is 141 Å². The highest BCUT2D eigenvalue weighted by atomic mass is 19.4. The van der Waals surface area contributed by atoms with E-state index in [0.29, 0.717) is 21.9 Å². The quantitative estimate of drug-likeness (QED) is 0.549. The van der Waals surface area contributed by atoms with E-state index in [1.54, 1.807) is 41.7 Å². The molecule has 0 bridgehead atoms. The Balaban J connectivity index is 2.12. The Morgan fingerprint density at radius 2 is 1.76 bits per heavy atom. The highest BCUT2D eigenvalue weighted by Gasteiger charge is 2.27. The number of hydrogen-bond donors (Lipinski definition) is 3. The molecule has 134 valence electrons. The second-order valence-corrected chi connectivity index (χ2v) is 5.48. The topological polar surface area (TPSA) is 78.4 Å². The molecule has 5 nitrogen and oxygen atoms in total. The fourth-order valence-electron chi connectivity index (χ4n) is 2.43. The van der Waals surface area contributed by atoms with Gasteiger partial charge in [-0.25, -0.2) is 0 Å². The third-order valence-corrected chi connectivity index (χ3v) is 3.57. The molecule has 0 radical (unpaired) electrons. The molecular formula is C17H17F3N2O3. The van der Waals surface area contributed by atoms with Crippen LogP contribution in [0, 0.1) is 0 Å². The van der Waals surface area contributed by atoms with Crippen molar-refractivity contribution in [1.29, 1.82) is 0 Å². The predicted octanol–water partition coefficient (Wildman–Crippen LogP) is 2.30. The van der Waals surface area contributed by atoms with Gasteiger partial charge in [-0.05, 0) is 17.7 Å². The lowest BCUT2D eigenvalue weighted by atomic mass is 9.97. The van der Waals surface area contributed by atoms with Crippen LogP contribution in [0.5, 0.6) is 0 Å². The molecule has 0 heterocycles. The summed E-state index contributed by atoms with van der Waals surface area (Å²) in [6.45, 7) is -0.485. The molecule has 0 aliphatic carbocycles. The van der Waals surface area contributed by atoms with E-state index in [0.717, 1.165) is 0 Å². The first-order chi connectivity index (χ1) is 11.7. The Morgan fingerprint density at radius 1 is 1.12 bits per heavy atom. The van der Waals surface area contributed by atoms with E-state index in [4.69, 9.17) is 0 Å². The molecule has 0 aliphatic rings. The molecule has 0 saturated carbocycles. The molecule has 1 amide bonds. The maximum Gasteiger partial charge on any atom is 0.405 e. The number of benzene rings is 2. The van der Waals surface area contributed by atoms with Crippen LogP contribution in [0.25, 0.3) is 10.8 Å². The first-order valence-electron chi connectivity index (χ1n) is 7.46. The Kier molecular flexibility index (Phi) is 5.76. The summed E-state index contributed by atoms with van der Waals surface area (Å²) in [5.41, 5.74) is 0.915. The van der Waals surface area contributed by atoms with Gasteiger partial charge in [0.15, 0.2) is 5.78 Å². The summed E-state index contributed by atoms with van der Waals surface area (Å²) in [6, 6.07) is 10.0. The zero-order valence-corrected chi connectivity index (χ0v) is 13.4. The molecule has 0 aliphatic heterocycles. The monoisotopic (exact) mass is 354 g/mol. The van der Waals surface area contributed by atoms with Crippen LogP contribution >= 0.6 is 0 Å². The third-order valence-electron chi connectivity index (χ3n) is 3.57. The second kappa shape index (κ2) is 7.62. The molecular weight excluding hydrogens is 337 g/mol. The normalized spacial score (nSPS) is 12.8. The molecule has 0 aromatic heterocycles. The lowest BCUT2D eigenvalue weighted by molar-refractivity contribution is -0.138. The number of ketones is 1. The summed E-state index contributed by atoms with van der Waals surface area (Å²) in [5.74, 6) is -1.02. The average molecular weight is 354 g/mol. The van der Waals surface area contributed by atoms with Gasteiger partial charge >= 0.3 is 6.18 Å². The van der Waals surface area contributed by atoms with Crippen LogP contribution in [0.3, 0.4) is 0 Å². The van der Waals surface area contributed by atoms with Gasteiger partial charge in [-0.15, -0.1) is 0 Å². The molecule has 0 saturated heterocycles. The van der Waals surface area contributed by atoms with Crippen LogP contribution in [0.15, 0.2) is 36.4 Å².